The molecule has 0 saturated heterocycles. The van der Waals surface area contributed by atoms with Crippen LogP contribution in [-0.4, -0.2) is 22.9 Å². The third-order valence-electron chi connectivity index (χ3n) is 5.47. The van der Waals surface area contributed by atoms with Gasteiger partial charge in [0.25, 0.3) is 0 Å². The maximum absolute atomic E-state index is 2.55. The zero-order valence-corrected chi connectivity index (χ0v) is 17.2. The highest BCUT2D eigenvalue weighted by atomic mass is 15.4. The van der Waals surface area contributed by atoms with Gasteiger partial charge in [-0.25, -0.2) is 0 Å². The van der Waals surface area contributed by atoms with Gasteiger partial charge < -0.3 is 9.80 Å². The molecule has 0 amide bonds. The maximum atomic E-state index is 2.55. The molecule has 0 fully saturated rings. The molecule has 1 unspecified atom stereocenters. The van der Waals surface area contributed by atoms with E-state index < -0.39 is 0 Å². The Labute approximate surface area is 162 Å². The molecule has 2 nitrogen and oxygen atoms in total. The van der Waals surface area contributed by atoms with E-state index in [9.17, 15) is 0 Å². The zero-order valence-electron chi connectivity index (χ0n) is 17.2. The number of unbranched alkanes of at least 4 members (excludes halogenated alkanes) is 9. The summed E-state index contributed by atoms with van der Waals surface area (Å²) in [5, 5.41) is 0. The van der Waals surface area contributed by atoms with Crippen LogP contribution < -0.4 is 0 Å². The average Bonchev–Trinajstić information content (AvgIpc) is 3.08. The van der Waals surface area contributed by atoms with Crippen molar-refractivity contribution < 1.29 is 0 Å². The van der Waals surface area contributed by atoms with Crippen LogP contribution in [0.15, 0.2) is 42.7 Å². The molecule has 1 heterocycles. The molecule has 0 saturated carbocycles. The van der Waals surface area contributed by atoms with Gasteiger partial charge in [0, 0.05) is 25.5 Å². The summed E-state index contributed by atoms with van der Waals surface area (Å²) in [6.45, 7) is 6.89. The van der Waals surface area contributed by atoms with Crippen molar-refractivity contribution in [2.24, 2.45) is 0 Å². The first-order chi connectivity index (χ1) is 12.9. The molecular weight excluding hydrogens is 316 g/mol. The van der Waals surface area contributed by atoms with E-state index >= 15 is 0 Å². The molecule has 0 aromatic heterocycles. The van der Waals surface area contributed by atoms with Crippen molar-refractivity contribution in [1.29, 1.82) is 0 Å². The summed E-state index contributed by atoms with van der Waals surface area (Å²) in [5.41, 5.74) is 1.42. The van der Waals surface area contributed by atoms with Gasteiger partial charge in [0.1, 0.15) is 6.17 Å². The van der Waals surface area contributed by atoms with Crippen LogP contribution in [0.25, 0.3) is 0 Å². The van der Waals surface area contributed by atoms with E-state index in [1.54, 1.807) is 0 Å². The van der Waals surface area contributed by atoms with Gasteiger partial charge >= 0.3 is 0 Å². The molecule has 0 bridgehead atoms. The smallest absolute Gasteiger partial charge is 0.127 e. The molecule has 0 N–H and O–H groups in total. The predicted octanol–water partition coefficient (Wildman–Crippen LogP) is 7.10. The standard InChI is InChI=1S/C24H40N2/c1-3-5-7-8-9-10-11-12-16-20-26-22-21-25(19-6-4-2)24(26)23-17-14-13-15-18-23/h13-15,17-18,21-22,24H,3-12,16,19-20H2,1-2H3. The van der Waals surface area contributed by atoms with Crippen LogP contribution in [0.3, 0.4) is 0 Å². The van der Waals surface area contributed by atoms with E-state index in [0.717, 1.165) is 6.54 Å². The van der Waals surface area contributed by atoms with E-state index in [1.165, 1.54) is 82.7 Å². The third-order valence-corrected chi connectivity index (χ3v) is 5.47. The fraction of sp³-hybridized carbons (Fsp3) is 0.667. The second-order valence-corrected chi connectivity index (χ2v) is 7.74. The SMILES string of the molecule is CCCCCCCCCCCN1C=CN(CCCC)C1c1ccccc1. The number of nitrogens with zero attached hydrogens (tertiary/aromatic N) is 2. The fourth-order valence-corrected chi connectivity index (χ4v) is 3.87. The minimum Gasteiger partial charge on any atom is -0.352 e. The van der Waals surface area contributed by atoms with Gasteiger partial charge in [0.2, 0.25) is 0 Å². The van der Waals surface area contributed by atoms with Crippen molar-refractivity contribution in [3.05, 3.63) is 48.3 Å². The molecule has 2 heteroatoms. The molecule has 1 aromatic rings. The summed E-state index contributed by atoms with van der Waals surface area (Å²) in [6.07, 6.45) is 20.1. The highest BCUT2D eigenvalue weighted by Gasteiger charge is 2.26. The van der Waals surface area contributed by atoms with Gasteiger partial charge in [-0.05, 0) is 18.4 Å². The molecule has 1 aliphatic rings. The number of rotatable bonds is 14. The summed E-state index contributed by atoms with van der Waals surface area (Å²) in [6, 6.07) is 11.0. The van der Waals surface area contributed by atoms with Gasteiger partial charge in [-0.15, -0.1) is 0 Å². The van der Waals surface area contributed by atoms with Crippen LogP contribution in [0.5, 0.6) is 0 Å². The summed E-state index contributed by atoms with van der Waals surface area (Å²) < 4.78 is 0. The second-order valence-electron chi connectivity index (χ2n) is 7.74. The molecule has 0 aliphatic carbocycles. The monoisotopic (exact) mass is 356 g/mol. The highest BCUT2D eigenvalue weighted by molar-refractivity contribution is 5.21. The van der Waals surface area contributed by atoms with Crippen molar-refractivity contribution >= 4 is 0 Å². The quantitative estimate of drug-likeness (QED) is 0.328. The molecule has 2 rings (SSSR count). The largest absolute Gasteiger partial charge is 0.352 e. The maximum Gasteiger partial charge on any atom is 0.127 e. The van der Waals surface area contributed by atoms with Crippen LogP contribution in [0, 0.1) is 0 Å². The average molecular weight is 357 g/mol. The van der Waals surface area contributed by atoms with Gasteiger partial charge in [-0.2, -0.15) is 0 Å². The first kappa shape index (κ1) is 20.9. The first-order valence-corrected chi connectivity index (χ1v) is 11.1. The van der Waals surface area contributed by atoms with Crippen molar-refractivity contribution in [2.75, 3.05) is 13.1 Å². The second kappa shape index (κ2) is 12.8. The van der Waals surface area contributed by atoms with Crippen LogP contribution in [0.1, 0.15) is 96.2 Å². The van der Waals surface area contributed by atoms with Crippen LogP contribution in [-0.2, 0) is 0 Å². The third kappa shape index (κ3) is 7.05. The summed E-state index contributed by atoms with van der Waals surface area (Å²) in [5.74, 6) is 0. The number of hydrogen-bond acceptors (Lipinski definition) is 2. The van der Waals surface area contributed by atoms with E-state index in [2.05, 4.69) is 66.4 Å². The van der Waals surface area contributed by atoms with E-state index in [0.29, 0.717) is 6.17 Å². The molecule has 0 spiro atoms. The Morgan fingerprint density at radius 1 is 0.615 bits per heavy atom. The van der Waals surface area contributed by atoms with Crippen molar-refractivity contribution in [3.63, 3.8) is 0 Å². The normalized spacial score (nSPS) is 16.6. The Bertz CT molecular complexity index is 482. The lowest BCUT2D eigenvalue weighted by molar-refractivity contribution is 0.150. The minimum absolute atomic E-state index is 0.400. The Morgan fingerprint density at radius 3 is 1.69 bits per heavy atom. The van der Waals surface area contributed by atoms with Crippen molar-refractivity contribution in [1.82, 2.24) is 9.80 Å². The highest BCUT2D eigenvalue weighted by Crippen LogP contribution is 2.31. The van der Waals surface area contributed by atoms with E-state index in [4.69, 9.17) is 0 Å². The lowest BCUT2D eigenvalue weighted by atomic mass is 10.1. The van der Waals surface area contributed by atoms with Gasteiger partial charge in [-0.1, -0.05) is 102 Å². The van der Waals surface area contributed by atoms with Crippen molar-refractivity contribution in [2.45, 2.75) is 90.6 Å². The zero-order chi connectivity index (χ0) is 18.5. The molecule has 1 aromatic carbocycles. The molecule has 0 radical (unpaired) electrons. The molecule has 1 atom stereocenters. The Morgan fingerprint density at radius 2 is 1.12 bits per heavy atom. The number of benzene rings is 1. The first-order valence-electron chi connectivity index (χ1n) is 11.1. The Hall–Kier alpha value is -1.44. The Balaban J connectivity index is 1.72. The topological polar surface area (TPSA) is 6.48 Å². The lowest BCUT2D eigenvalue weighted by Gasteiger charge is -2.33. The summed E-state index contributed by atoms with van der Waals surface area (Å²) >= 11 is 0. The number of hydrogen-bond donors (Lipinski definition) is 0. The molecule has 146 valence electrons. The van der Waals surface area contributed by atoms with Gasteiger partial charge in [0.05, 0.1) is 0 Å². The lowest BCUT2D eigenvalue weighted by Crippen LogP contribution is -2.32. The van der Waals surface area contributed by atoms with Gasteiger partial charge in [-0.3, -0.25) is 0 Å². The summed E-state index contributed by atoms with van der Waals surface area (Å²) in [4.78, 5) is 5.07. The summed E-state index contributed by atoms with van der Waals surface area (Å²) in [7, 11) is 0. The van der Waals surface area contributed by atoms with E-state index in [-0.39, 0.29) is 0 Å². The van der Waals surface area contributed by atoms with Crippen LogP contribution >= 0.6 is 0 Å². The molecule has 1 aliphatic heterocycles. The molecule has 26 heavy (non-hydrogen) atoms. The van der Waals surface area contributed by atoms with E-state index in [1.807, 2.05) is 0 Å². The molecular formula is C24H40N2. The van der Waals surface area contributed by atoms with Crippen LogP contribution in [0.2, 0.25) is 0 Å². The fourth-order valence-electron chi connectivity index (χ4n) is 3.87. The van der Waals surface area contributed by atoms with Crippen molar-refractivity contribution in [3.8, 4) is 0 Å². The Kier molecular flexibility index (Phi) is 10.3. The predicted molar refractivity (Wildman–Crippen MR) is 114 cm³/mol. The minimum atomic E-state index is 0.400. The van der Waals surface area contributed by atoms with Crippen LogP contribution in [0.4, 0.5) is 0 Å². The van der Waals surface area contributed by atoms with Gasteiger partial charge in [0.15, 0.2) is 0 Å².